The molecule has 4 heteroatoms. The van der Waals surface area contributed by atoms with Gasteiger partial charge in [0, 0.05) is 23.7 Å². The van der Waals surface area contributed by atoms with Gasteiger partial charge < -0.3 is 10.1 Å². The first-order chi connectivity index (χ1) is 7.69. The SMILES string of the molecule is C=CCNCc1cc(Cl)cc(Cl)c1OCC. The van der Waals surface area contributed by atoms with Gasteiger partial charge in [-0.15, -0.1) is 6.58 Å². The summed E-state index contributed by atoms with van der Waals surface area (Å²) < 4.78 is 5.50. The molecule has 0 spiro atoms. The van der Waals surface area contributed by atoms with E-state index >= 15 is 0 Å². The van der Waals surface area contributed by atoms with Crippen molar-refractivity contribution in [2.24, 2.45) is 0 Å². The third kappa shape index (κ3) is 3.71. The maximum Gasteiger partial charge on any atom is 0.142 e. The van der Waals surface area contributed by atoms with Gasteiger partial charge in [0.25, 0.3) is 0 Å². The molecule has 88 valence electrons. The van der Waals surface area contributed by atoms with E-state index in [1.807, 2.05) is 13.0 Å². The molecule has 0 heterocycles. The van der Waals surface area contributed by atoms with Crippen LogP contribution in [0.1, 0.15) is 12.5 Å². The fourth-order valence-electron chi connectivity index (χ4n) is 1.36. The van der Waals surface area contributed by atoms with Crippen molar-refractivity contribution in [3.63, 3.8) is 0 Å². The average molecular weight is 260 g/mol. The summed E-state index contributed by atoms with van der Waals surface area (Å²) in [5, 5.41) is 4.35. The number of nitrogens with one attached hydrogen (secondary N) is 1. The number of hydrogen-bond donors (Lipinski definition) is 1. The van der Waals surface area contributed by atoms with Gasteiger partial charge in [-0.1, -0.05) is 29.3 Å². The Morgan fingerprint density at radius 1 is 1.44 bits per heavy atom. The van der Waals surface area contributed by atoms with Gasteiger partial charge in [0.05, 0.1) is 11.6 Å². The van der Waals surface area contributed by atoms with E-state index in [0.717, 1.165) is 12.1 Å². The lowest BCUT2D eigenvalue weighted by molar-refractivity contribution is 0.336. The van der Waals surface area contributed by atoms with Crippen molar-refractivity contribution in [2.45, 2.75) is 13.5 Å². The van der Waals surface area contributed by atoms with Gasteiger partial charge in [-0.05, 0) is 19.1 Å². The van der Waals surface area contributed by atoms with Crippen molar-refractivity contribution in [1.29, 1.82) is 0 Å². The fourth-order valence-corrected chi connectivity index (χ4v) is 1.95. The Balaban J connectivity index is 2.89. The minimum atomic E-state index is 0.546. The van der Waals surface area contributed by atoms with Crippen LogP contribution < -0.4 is 10.1 Å². The Hall–Kier alpha value is -0.700. The standard InChI is InChI=1S/C12H15Cl2NO/c1-3-5-15-8-9-6-10(13)7-11(14)12(9)16-4-2/h3,6-7,15H,1,4-5,8H2,2H3. The van der Waals surface area contributed by atoms with Crippen LogP contribution in [0.25, 0.3) is 0 Å². The molecule has 0 aliphatic rings. The zero-order chi connectivity index (χ0) is 12.0. The second-order valence-corrected chi connectivity index (χ2v) is 4.07. The number of hydrogen-bond acceptors (Lipinski definition) is 2. The molecule has 0 amide bonds. The summed E-state index contributed by atoms with van der Waals surface area (Å²) in [6, 6.07) is 3.54. The van der Waals surface area contributed by atoms with Crippen LogP contribution in [0.5, 0.6) is 5.75 Å². The molecule has 0 unspecified atom stereocenters. The van der Waals surface area contributed by atoms with Crippen molar-refractivity contribution >= 4 is 23.2 Å². The van der Waals surface area contributed by atoms with E-state index in [2.05, 4.69) is 11.9 Å². The van der Waals surface area contributed by atoms with E-state index in [1.165, 1.54) is 0 Å². The maximum atomic E-state index is 6.07. The summed E-state index contributed by atoms with van der Waals surface area (Å²) in [6.45, 7) is 7.53. The van der Waals surface area contributed by atoms with Crippen molar-refractivity contribution in [3.8, 4) is 5.75 Å². The van der Waals surface area contributed by atoms with Gasteiger partial charge in [0.15, 0.2) is 0 Å². The summed E-state index contributed by atoms with van der Waals surface area (Å²) in [7, 11) is 0. The van der Waals surface area contributed by atoms with E-state index in [9.17, 15) is 0 Å². The third-order valence-corrected chi connectivity index (χ3v) is 2.48. The lowest BCUT2D eigenvalue weighted by Gasteiger charge is -2.12. The molecule has 0 saturated carbocycles. The van der Waals surface area contributed by atoms with Gasteiger partial charge in [-0.25, -0.2) is 0 Å². The van der Waals surface area contributed by atoms with Crippen LogP contribution in [-0.2, 0) is 6.54 Å². The molecule has 0 radical (unpaired) electrons. The summed E-state index contributed by atoms with van der Waals surface area (Å²) in [5.41, 5.74) is 0.959. The molecule has 1 aromatic carbocycles. The highest BCUT2D eigenvalue weighted by Gasteiger charge is 2.09. The highest BCUT2D eigenvalue weighted by atomic mass is 35.5. The largest absolute Gasteiger partial charge is 0.492 e. The van der Waals surface area contributed by atoms with Crippen LogP contribution in [0.4, 0.5) is 0 Å². The van der Waals surface area contributed by atoms with Crippen LogP contribution >= 0.6 is 23.2 Å². The first-order valence-electron chi connectivity index (χ1n) is 5.11. The number of ether oxygens (including phenoxy) is 1. The monoisotopic (exact) mass is 259 g/mol. The van der Waals surface area contributed by atoms with Crippen molar-refractivity contribution in [2.75, 3.05) is 13.2 Å². The lowest BCUT2D eigenvalue weighted by Crippen LogP contribution is -2.13. The summed E-state index contributed by atoms with van der Waals surface area (Å²) >= 11 is 12.0. The predicted octanol–water partition coefficient (Wildman–Crippen LogP) is 3.67. The van der Waals surface area contributed by atoms with E-state index in [0.29, 0.717) is 28.9 Å². The van der Waals surface area contributed by atoms with Crippen LogP contribution in [0.3, 0.4) is 0 Å². The van der Waals surface area contributed by atoms with Gasteiger partial charge >= 0.3 is 0 Å². The van der Waals surface area contributed by atoms with Crippen LogP contribution in [0.2, 0.25) is 10.0 Å². The molecule has 0 fully saturated rings. The summed E-state index contributed by atoms with van der Waals surface area (Å²) in [4.78, 5) is 0. The van der Waals surface area contributed by atoms with Gasteiger partial charge in [-0.3, -0.25) is 0 Å². The molecule has 0 aliphatic carbocycles. The quantitative estimate of drug-likeness (QED) is 0.622. The highest BCUT2D eigenvalue weighted by Crippen LogP contribution is 2.32. The predicted molar refractivity (Wildman–Crippen MR) is 69.5 cm³/mol. The van der Waals surface area contributed by atoms with E-state index in [1.54, 1.807) is 12.1 Å². The van der Waals surface area contributed by atoms with Crippen LogP contribution in [-0.4, -0.2) is 13.2 Å². The van der Waals surface area contributed by atoms with Gasteiger partial charge in [0.1, 0.15) is 5.75 Å². The number of benzene rings is 1. The Labute approximate surface area is 106 Å². The zero-order valence-corrected chi connectivity index (χ0v) is 10.7. The molecular formula is C12H15Cl2NO. The Morgan fingerprint density at radius 3 is 2.81 bits per heavy atom. The van der Waals surface area contributed by atoms with Crippen molar-refractivity contribution in [1.82, 2.24) is 5.32 Å². The Bertz CT molecular complexity index is 366. The topological polar surface area (TPSA) is 21.3 Å². The lowest BCUT2D eigenvalue weighted by atomic mass is 10.2. The van der Waals surface area contributed by atoms with E-state index < -0.39 is 0 Å². The molecule has 2 nitrogen and oxygen atoms in total. The normalized spacial score (nSPS) is 10.2. The summed E-state index contributed by atoms with van der Waals surface area (Å²) in [5.74, 6) is 0.699. The van der Waals surface area contributed by atoms with Gasteiger partial charge in [0.2, 0.25) is 0 Å². The third-order valence-electron chi connectivity index (χ3n) is 1.98. The van der Waals surface area contributed by atoms with Gasteiger partial charge in [-0.2, -0.15) is 0 Å². The summed E-state index contributed by atoms with van der Waals surface area (Å²) in [6.07, 6.45) is 1.80. The van der Waals surface area contributed by atoms with Crippen LogP contribution in [0.15, 0.2) is 24.8 Å². The molecule has 1 aromatic rings. The molecule has 0 aromatic heterocycles. The molecule has 16 heavy (non-hydrogen) atoms. The minimum absolute atomic E-state index is 0.546. The molecule has 0 bridgehead atoms. The molecule has 0 aliphatic heterocycles. The fraction of sp³-hybridized carbons (Fsp3) is 0.333. The molecule has 1 N–H and O–H groups in total. The first-order valence-corrected chi connectivity index (χ1v) is 5.87. The second kappa shape index (κ2) is 6.79. The maximum absolute atomic E-state index is 6.07. The zero-order valence-electron chi connectivity index (χ0n) is 9.22. The van der Waals surface area contributed by atoms with Crippen molar-refractivity contribution in [3.05, 3.63) is 40.4 Å². The number of halogens is 2. The van der Waals surface area contributed by atoms with E-state index in [4.69, 9.17) is 27.9 Å². The van der Waals surface area contributed by atoms with E-state index in [-0.39, 0.29) is 0 Å². The first kappa shape index (κ1) is 13.4. The van der Waals surface area contributed by atoms with Crippen LogP contribution in [0, 0.1) is 0 Å². The number of rotatable bonds is 6. The smallest absolute Gasteiger partial charge is 0.142 e. The molecular weight excluding hydrogens is 245 g/mol. The Kier molecular flexibility index (Phi) is 5.67. The molecule has 1 rings (SSSR count). The molecule has 0 atom stereocenters. The average Bonchev–Trinajstić information content (AvgIpc) is 2.23. The minimum Gasteiger partial charge on any atom is -0.492 e. The highest BCUT2D eigenvalue weighted by molar-refractivity contribution is 6.35. The second-order valence-electron chi connectivity index (χ2n) is 3.23. The van der Waals surface area contributed by atoms with Crippen molar-refractivity contribution < 1.29 is 4.74 Å². The Morgan fingerprint density at radius 2 is 2.19 bits per heavy atom. The molecule has 0 saturated heterocycles.